The summed E-state index contributed by atoms with van der Waals surface area (Å²) in [7, 11) is 0. The van der Waals surface area contributed by atoms with E-state index in [1.807, 2.05) is 4.90 Å². The average molecular weight is 317 g/mol. The minimum atomic E-state index is -0.203. The number of ketones is 2. The van der Waals surface area contributed by atoms with E-state index in [4.69, 9.17) is 0 Å². The van der Waals surface area contributed by atoms with Crippen molar-refractivity contribution in [2.75, 3.05) is 13.1 Å². The molecule has 23 heavy (non-hydrogen) atoms. The number of benzene rings is 1. The van der Waals surface area contributed by atoms with Gasteiger partial charge in [-0.3, -0.25) is 14.4 Å². The molecule has 0 bridgehead atoms. The van der Waals surface area contributed by atoms with E-state index in [0.717, 1.165) is 38.8 Å². The number of rotatable bonds is 10. The lowest BCUT2D eigenvalue weighted by Gasteiger charge is -2.22. The molecule has 0 spiro atoms. The molecule has 0 saturated carbocycles. The van der Waals surface area contributed by atoms with Crippen molar-refractivity contribution in [3.63, 3.8) is 0 Å². The largest absolute Gasteiger partial charge is 0.339 e. The molecule has 4 heteroatoms. The van der Waals surface area contributed by atoms with Crippen LogP contribution < -0.4 is 0 Å². The van der Waals surface area contributed by atoms with Gasteiger partial charge in [0.1, 0.15) is 5.78 Å². The van der Waals surface area contributed by atoms with Gasteiger partial charge in [-0.25, -0.2) is 0 Å². The summed E-state index contributed by atoms with van der Waals surface area (Å²) in [5.74, 6) is -0.344. The van der Waals surface area contributed by atoms with E-state index in [9.17, 15) is 14.4 Å². The number of hydrogen-bond donors (Lipinski definition) is 0. The molecule has 0 atom stereocenters. The molecule has 1 aromatic carbocycles. The van der Waals surface area contributed by atoms with Gasteiger partial charge < -0.3 is 4.90 Å². The van der Waals surface area contributed by atoms with Gasteiger partial charge in [0.15, 0.2) is 5.78 Å². The molecule has 4 nitrogen and oxygen atoms in total. The normalized spacial score (nSPS) is 10.4. The Kier molecular flexibility index (Phi) is 8.23. The van der Waals surface area contributed by atoms with Crippen molar-refractivity contribution in [3.05, 3.63) is 35.4 Å². The van der Waals surface area contributed by atoms with Crippen LogP contribution in [0.4, 0.5) is 0 Å². The molecular formula is C19H27NO3. The first kappa shape index (κ1) is 19.1. The molecule has 0 aliphatic heterocycles. The highest BCUT2D eigenvalue weighted by molar-refractivity contribution is 6.07. The van der Waals surface area contributed by atoms with Crippen LogP contribution in [0.5, 0.6) is 0 Å². The molecule has 0 aliphatic rings. The van der Waals surface area contributed by atoms with Crippen LogP contribution in [-0.4, -0.2) is 35.5 Å². The van der Waals surface area contributed by atoms with Gasteiger partial charge in [-0.2, -0.15) is 0 Å². The van der Waals surface area contributed by atoms with Gasteiger partial charge in [-0.1, -0.05) is 38.8 Å². The first-order valence-electron chi connectivity index (χ1n) is 8.41. The maximum atomic E-state index is 12.6. The van der Waals surface area contributed by atoms with Gasteiger partial charge in [0.25, 0.3) is 5.91 Å². The van der Waals surface area contributed by atoms with Crippen LogP contribution in [0.1, 0.15) is 73.6 Å². The second-order valence-electron chi connectivity index (χ2n) is 5.88. The van der Waals surface area contributed by atoms with E-state index in [1.165, 1.54) is 6.92 Å². The minimum Gasteiger partial charge on any atom is -0.339 e. The Morgan fingerprint density at radius 1 is 0.870 bits per heavy atom. The van der Waals surface area contributed by atoms with Crippen LogP contribution in [0.25, 0.3) is 0 Å². The fourth-order valence-corrected chi connectivity index (χ4v) is 2.32. The van der Waals surface area contributed by atoms with Gasteiger partial charge in [0, 0.05) is 24.2 Å². The Bertz CT molecular complexity index is 526. The third-order valence-corrected chi connectivity index (χ3v) is 3.71. The minimum absolute atomic E-state index is 0.0115. The van der Waals surface area contributed by atoms with Crippen molar-refractivity contribution >= 4 is 17.5 Å². The lowest BCUT2D eigenvalue weighted by molar-refractivity contribution is -0.116. The zero-order valence-electron chi connectivity index (χ0n) is 14.4. The first-order chi connectivity index (χ1) is 11.0. The van der Waals surface area contributed by atoms with Crippen LogP contribution in [-0.2, 0) is 4.79 Å². The molecule has 1 rings (SSSR count). The molecule has 0 fully saturated rings. The van der Waals surface area contributed by atoms with Crippen molar-refractivity contribution in [2.45, 2.75) is 52.9 Å². The van der Waals surface area contributed by atoms with Crippen molar-refractivity contribution in [1.82, 2.24) is 4.90 Å². The molecule has 0 aliphatic carbocycles. The lowest BCUT2D eigenvalue weighted by atomic mass is 10.0. The van der Waals surface area contributed by atoms with E-state index in [2.05, 4.69) is 13.8 Å². The summed E-state index contributed by atoms with van der Waals surface area (Å²) < 4.78 is 0. The number of unbranched alkanes of at least 4 members (excludes halogenated alkanes) is 2. The topological polar surface area (TPSA) is 54.5 Å². The fraction of sp³-hybridized carbons (Fsp3) is 0.526. The summed E-state index contributed by atoms with van der Waals surface area (Å²) in [4.78, 5) is 37.3. The van der Waals surface area contributed by atoms with E-state index in [1.54, 1.807) is 24.3 Å². The van der Waals surface area contributed by atoms with Gasteiger partial charge in [-0.15, -0.1) is 0 Å². The number of nitrogens with zero attached hydrogens (tertiary/aromatic N) is 1. The lowest BCUT2D eigenvalue weighted by Crippen LogP contribution is -2.33. The molecule has 0 saturated heterocycles. The SMILES string of the molecule is CCCCN(CCCC)C(=O)c1ccc(C(=O)CC(C)=O)cc1. The van der Waals surface area contributed by atoms with Crippen LogP contribution in [0.3, 0.4) is 0 Å². The zero-order valence-corrected chi connectivity index (χ0v) is 14.4. The van der Waals surface area contributed by atoms with Crippen molar-refractivity contribution < 1.29 is 14.4 Å². The molecule has 0 radical (unpaired) electrons. The zero-order chi connectivity index (χ0) is 17.2. The van der Waals surface area contributed by atoms with Gasteiger partial charge in [0.2, 0.25) is 0 Å². The Balaban J connectivity index is 2.80. The quantitative estimate of drug-likeness (QED) is 0.486. The maximum absolute atomic E-state index is 12.6. The third kappa shape index (κ3) is 6.35. The van der Waals surface area contributed by atoms with Crippen LogP contribution >= 0.6 is 0 Å². The molecular weight excluding hydrogens is 290 g/mol. The predicted octanol–water partition coefficient (Wildman–Crippen LogP) is 3.89. The molecule has 0 heterocycles. The Morgan fingerprint density at radius 3 is 1.78 bits per heavy atom. The molecule has 1 aromatic rings. The monoisotopic (exact) mass is 317 g/mol. The molecule has 0 unspecified atom stereocenters. The molecule has 126 valence electrons. The fourth-order valence-electron chi connectivity index (χ4n) is 2.32. The van der Waals surface area contributed by atoms with Crippen LogP contribution in [0, 0.1) is 0 Å². The van der Waals surface area contributed by atoms with Crippen LogP contribution in [0.15, 0.2) is 24.3 Å². The van der Waals surface area contributed by atoms with Gasteiger partial charge in [0.05, 0.1) is 6.42 Å². The summed E-state index contributed by atoms with van der Waals surface area (Å²) in [6, 6.07) is 6.63. The van der Waals surface area contributed by atoms with E-state index < -0.39 is 0 Å². The Hall–Kier alpha value is -1.97. The second kappa shape index (κ2) is 9.93. The van der Waals surface area contributed by atoms with Crippen molar-refractivity contribution in [1.29, 1.82) is 0 Å². The molecule has 0 N–H and O–H groups in total. The molecule has 0 aromatic heterocycles. The maximum Gasteiger partial charge on any atom is 0.253 e. The number of hydrogen-bond acceptors (Lipinski definition) is 3. The predicted molar refractivity (Wildman–Crippen MR) is 91.8 cm³/mol. The highest BCUT2D eigenvalue weighted by atomic mass is 16.2. The third-order valence-electron chi connectivity index (χ3n) is 3.71. The van der Waals surface area contributed by atoms with Gasteiger partial charge in [-0.05, 0) is 31.9 Å². The number of Topliss-reactive ketones (excluding diaryl/α,β-unsaturated/α-hetero) is 2. The molecule has 1 amide bonds. The summed E-state index contributed by atoms with van der Waals surface area (Å²) >= 11 is 0. The summed E-state index contributed by atoms with van der Waals surface area (Å²) in [5, 5.41) is 0. The Morgan fingerprint density at radius 2 is 1.35 bits per heavy atom. The number of carbonyl (C=O) groups excluding carboxylic acids is 3. The van der Waals surface area contributed by atoms with Crippen LogP contribution in [0.2, 0.25) is 0 Å². The Labute approximate surface area is 138 Å². The number of carbonyl (C=O) groups is 3. The standard InChI is InChI=1S/C19H27NO3/c1-4-6-12-20(13-7-5-2)19(23)17-10-8-16(9-11-17)18(22)14-15(3)21/h8-11H,4-7,12-14H2,1-3H3. The highest BCUT2D eigenvalue weighted by Gasteiger charge is 2.16. The van der Waals surface area contributed by atoms with Gasteiger partial charge >= 0.3 is 0 Å². The summed E-state index contributed by atoms with van der Waals surface area (Å²) in [6.07, 6.45) is 3.99. The highest BCUT2D eigenvalue weighted by Crippen LogP contribution is 2.11. The first-order valence-corrected chi connectivity index (χ1v) is 8.41. The average Bonchev–Trinajstić information content (AvgIpc) is 2.54. The van der Waals surface area contributed by atoms with E-state index in [0.29, 0.717) is 11.1 Å². The van der Waals surface area contributed by atoms with E-state index in [-0.39, 0.29) is 23.9 Å². The summed E-state index contributed by atoms with van der Waals surface area (Å²) in [5.41, 5.74) is 1.07. The number of amides is 1. The van der Waals surface area contributed by atoms with Crippen molar-refractivity contribution in [2.24, 2.45) is 0 Å². The van der Waals surface area contributed by atoms with E-state index >= 15 is 0 Å². The smallest absolute Gasteiger partial charge is 0.253 e. The summed E-state index contributed by atoms with van der Waals surface area (Å²) in [6.45, 7) is 7.14. The second-order valence-corrected chi connectivity index (χ2v) is 5.88. The van der Waals surface area contributed by atoms with Crippen molar-refractivity contribution in [3.8, 4) is 0 Å².